The van der Waals surface area contributed by atoms with Crippen molar-refractivity contribution in [3.8, 4) is 0 Å². The van der Waals surface area contributed by atoms with Gasteiger partial charge in [0.25, 0.3) is 0 Å². The molecular weight excluding hydrogens is 336 g/mol. The van der Waals surface area contributed by atoms with Gasteiger partial charge in [0, 0.05) is 25.2 Å². The Bertz CT molecular complexity index is 559. The highest BCUT2D eigenvalue weighted by molar-refractivity contribution is 9.11. The molecule has 106 valence electrons. The fraction of sp³-hybridized carbons (Fsp3) is 0.429. The molecule has 6 heteroatoms. The number of nitrogens with one attached hydrogen (secondary N) is 1. The molecule has 0 saturated carbocycles. The van der Waals surface area contributed by atoms with Gasteiger partial charge >= 0.3 is 0 Å². The first-order valence-electron chi connectivity index (χ1n) is 6.74. The van der Waals surface area contributed by atoms with E-state index in [2.05, 4.69) is 73.6 Å². The highest BCUT2D eigenvalue weighted by atomic mass is 79.9. The van der Waals surface area contributed by atoms with E-state index in [0.717, 1.165) is 28.6 Å². The van der Waals surface area contributed by atoms with Gasteiger partial charge in [-0.05, 0) is 34.8 Å². The van der Waals surface area contributed by atoms with Gasteiger partial charge in [0.05, 0.1) is 0 Å². The van der Waals surface area contributed by atoms with Crippen molar-refractivity contribution in [2.24, 2.45) is 0 Å². The molecule has 20 heavy (non-hydrogen) atoms. The van der Waals surface area contributed by atoms with Crippen LogP contribution in [0.25, 0.3) is 0 Å². The average Bonchev–Trinajstić information content (AvgIpc) is 2.98. The van der Waals surface area contributed by atoms with Crippen LogP contribution in [-0.4, -0.2) is 33.7 Å². The zero-order valence-corrected chi connectivity index (χ0v) is 13.7. The second-order valence-corrected chi connectivity index (χ2v) is 7.45. The van der Waals surface area contributed by atoms with Crippen LogP contribution in [0.5, 0.6) is 0 Å². The maximum atomic E-state index is 4.11. The third kappa shape index (κ3) is 3.37. The minimum absolute atomic E-state index is 0.452. The van der Waals surface area contributed by atoms with Gasteiger partial charge in [0.15, 0.2) is 3.92 Å². The van der Waals surface area contributed by atoms with Crippen LogP contribution in [0.2, 0.25) is 0 Å². The Kier molecular flexibility index (Phi) is 4.33. The van der Waals surface area contributed by atoms with Crippen molar-refractivity contribution in [1.29, 1.82) is 0 Å². The Hall–Kier alpha value is -0.980. The lowest BCUT2D eigenvalue weighted by atomic mass is 10.2. The second-order valence-electron chi connectivity index (χ2n) is 5.20. The first-order chi connectivity index (χ1) is 9.70. The molecule has 1 fully saturated rings. The molecule has 1 aromatic carbocycles. The Morgan fingerprint density at radius 2 is 2.15 bits per heavy atom. The van der Waals surface area contributed by atoms with E-state index in [1.807, 2.05) is 0 Å². The predicted octanol–water partition coefficient (Wildman–Crippen LogP) is 3.38. The number of aromatic nitrogens is 2. The van der Waals surface area contributed by atoms with Crippen LogP contribution >= 0.6 is 27.3 Å². The van der Waals surface area contributed by atoms with Crippen molar-refractivity contribution in [1.82, 2.24) is 15.1 Å². The van der Waals surface area contributed by atoms with Crippen LogP contribution in [0.1, 0.15) is 18.9 Å². The van der Waals surface area contributed by atoms with E-state index >= 15 is 0 Å². The molecule has 0 radical (unpaired) electrons. The van der Waals surface area contributed by atoms with E-state index in [-0.39, 0.29) is 0 Å². The molecule has 4 nitrogen and oxygen atoms in total. The molecule has 1 aliphatic heterocycles. The van der Waals surface area contributed by atoms with Gasteiger partial charge < -0.3 is 5.32 Å². The van der Waals surface area contributed by atoms with Gasteiger partial charge in [0.2, 0.25) is 5.13 Å². The maximum absolute atomic E-state index is 4.11. The largest absolute Gasteiger partial charge is 0.356 e. The molecule has 0 aliphatic carbocycles. The summed E-state index contributed by atoms with van der Waals surface area (Å²) in [4.78, 5) is 2.52. The smallest absolute Gasteiger partial charge is 0.206 e. The fourth-order valence-electron chi connectivity index (χ4n) is 2.68. The molecule has 1 aliphatic rings. The van der Waals surface area contributed by atoms with Crippen molar-refractivity contribution < 1.29 is 0 Å². The molecule has 2 aromatic rings. The molecule has 0 bridgehead atoms. The third-order valence-corrected chi connectivity index (χ3v) is 4.95. The van der Waals surface area contributed by atoms with Crippen molar-refractivity contribution in [3.63, 3.8) is 0 Å². The van der Waals surface area contributed by atoms with Crippen LogP contribution in [0.15, 0.2) is 34.2 Å². The molecule has 2 atom stereocenters. The van der Waals surface area contributed by atoms with Crippen LogP contribution < -0.4 is 5.32 Å². The minimum atomic E-state index is 0.452. The van der Waals surface area contributed by atoms with Crippen LogP contribution in [0.3, 0.4) is 0 Å². The zero-order valence-electron chi connectivity index (χ0n) is 11.3. The molecule has 1 N–H and O–H groups in total. The number of likely N-dealkylation sites (tertiary alicyclic amines) is 1. The predicted molar refractivity (Wildman–Crippen MR) is 86.0 cm³/mol. The van der Waals surface area contributed by atoms with E-state index in [1.54, 1.807) is 11.3 Å². The number of rotatable bonds is 4. The number of hydrogen-bond acceptors (Lipinski definition) is 5. The summed E-state index contributed by atoms with van der Waals surface area (Å²) in [7, 11) is 0. The summed E-state index contributed by atoms with van der Waals surface area (Å²) in [6, 6.07) is 11.7. The highest BCUT2D eigenvalue weighted by Crippen LogP contribution is 2.26. The van der Waals surface area contributed by atoms with Crippen molar-refractivity contribution in [2.75, 3.05) is 11.9 Å². The fourth-order valence-corrected chi connectivity index (χ4v) is 3.77. The van der Waals surface area contributed by atoms with Gasteiger partial charge in [-0.2, -0.15) is 0 Å². The highest BCUT2D eigenvalue weighted by Gasteiger charge is 2.29. The van der Waals surface area contributed by atoms with Gasteiger partial charge in [0.1, 0.15) is 0 Å². The van der Waals surface area contributed by atoms with Gasteiger partial charge in [-0.1, -0.05) is 41.7 Å². The number of anilines is 1. The van der Waals surface area contributed by atoms with Crippen molar-refractivity contribution in [3.05, 3.63) is 39.8 Å². The van der Waals surface area contributed by atoms with Crippen molar-refractivity contribution >= 4 is 32.4 Å². The third-order valence-electron chi connectivity index (χ3n) is 3.66. The molecule has 2 heterocycles. The standard InChI is InChI=1S/C14H17BrN4S/c1-10-7-12(16-14-18-17-13(15)20-14)9-19(10)8-11-5-3-2-4-6-11/h2-6,10,12H,7-9H2,1H3,(H,16,18). The summed E-state index contributed by atoms with van der Waals surface area (Å²) < 4.78 is 0.826. The Morgan fingerprint density at radius 3 is 2.85 bits per heavy atom. The molecule has 0 amide bonds. The van der Waals surface area contributed by atoms with Gasteiger partial charge in [-0.25, -0.2) is 0 Å². The SMILES string of the molecule is CC1CC(Nc2nnc(Br)s2)CN1Cc1ccccc1. The number of nitrogens with zero attached hydrogens (tertiary/aromatic N) is 3. The molecule has 1 saturated heterocycles. The quantitative estimate of drug-likeness (QED) is 0.915. The maximum Gasteiger partial charge on any atom is 0.206 e. The number of hydrogen-bond donors (Lipinski definition) is 1. The molecule has 0 spiro atoms. The summed E-state index contributed by atoms with van der Waals surface area (Å²) in [5.41, 5.74) is 1.37. The zero-order chi connectivity index (χ0) is 13.9. The average molecular weight is 353 g/mol. The summed E-state index contributed by atoms with van der Waals surface area (Å²) in [6.07, 6.45) is 1.14. The lowest BCUT2D eigenvalue weighted by Gasteiger charge is -2.20. The first-order valence-corrected chi connectivity index (χ1v) is 8.35. The Balaban J connectivity index is 1.59. The topological polar surface area (TPSA) is 41.1 Å². The van der Waals surface area contributed by atoms with E-state index in [9.17, 15) is 0 Å². The minimum Gasteiger partial charge on any atom is -0.356 e. The second kappa shape index (κ2) is 6.20. The summed E-state index contributed by atoms with van der Waals surface area (Å²) in [5, 5.41) is 12.5. The normalized spacial score (nSPS) is 23.1. The summed E-state index contributed by atoms with van der Waals surface area (Å²) >= 11 is 4.89. The van der Waals surface area contributed by atoms with E-state index < -0.39 is 0 Å². The van der Waals surface area contributed by atoms with Crippen LogP contribution in [0, 0.1) is 0 Å². The lowest BCUT2D eigenvalue weighted by Crippen LogP contribution is -2.28. The van der Waals surface area contributed by atoms with E-state index in [0.29, 0.717) is 12.1 Å². The Labute approximate surface area is 131 Å². The molecule has 2 unspecified atom stereocenters. The molecule has 3 rings (SSSR count). The van der Waals surface area contributed by atoms with Crippen LogP contribution in [-0.2, 0) is 6.54 Å². The van der Waals surface area contributed by atoms with E-state index in [1.165, 1.54) is 5.56 Å². The molecule has 1 aromatic heterocycles. The van der Waals surface area contributed by atoms with Crippen LogP contribution in [0.4, 0.5) is 5.13 Å². The number of benzene rings is 1. The van der Waals surface area contributed by atoms with E-state index in [4.69, 9.17) is 0 Å². The Morgan fingerprint density at radius 1 is 1.35 bits per heavy atom. The van der Waals surface area contributed by atoms with Gasteiger partial charge in [-0.15, -0.1) is 10.2 Å². The lowest BCUT2D eigenvalue weighted by molar-refractivity contribution is 0.259. The first kappa shape index (κ1) is 14.0. The van der Waals surface area contributed by atoms with Crippen molar-refractivity contribution in [2.45, 2.75) is 32.0 Å². The molecular formula is C14H17BrN4S. The summed E-state index contributed by atoms with van der Waals surface area (Å²) in [5.74, 6) is 0. The monoisotopic (exact) mass is 352 g/mol. The number of halogens is 1. The summed E-state index contributed by atoms with van der Waals surface area (Å²) in [6.45, 7) is 4.36. The van der Waals surface area contributed by atoms with Gasteiger partial charge in [-0.3, -0.25) is 4.90 Å².